The normalized spacial score (nSPS) is 12.8. The number of nitrogens with zero attached hydrogens (tertiary/aromatic N) is 2. The van der Waals surface area contributed by atoms with Crippen LogP contribution < -0.4 is 5.32 Å². The largest absolute Gasteiger partial charge is 0.461 e. The Morgan fingerprint density at radius 2 is 2.10 bits per heavy atom. The fourth-order valence-corrected chi connectivity index (χ4v) is 2.92. The van der Waals surface area contributed by atoms with Crippen LogP contribution >= 0.6 is 0 Å². The van der Waals surface area contributed by atoms with Gasteiger partial charge >= 0.3 is 12.2 Å². The van der Waals surface area contributed by atoms with E-state index in [1.54, 1.807) is 19.9 Å². The summed E-state index contributed by atoms with van der Waals surface area (Å²) in [6.45, 7) is 3.25. The quantitative estimate of drug-likeness (QED) is 0.230. The van der Waals surface area contributed by atoms with Crippen molar-refractivity contribution in [3.8, 4) is 0 Å². The molecule has 160 valence electrons. The summed E-state index contributed by atoms with van der Waals surface area (Å²) in [5, 5.41) is 12.9. The minimum Gasteiger partial charge on any atom is -0.461 e. The first-order valence-electron chi connectivity index (χ1n) is 9.36. The summed E-state index contributed by atoms with van der Waals surface area (Å²) in [4.78, 5) is 41.7. The Balaban J connectivity index is 2.09. The fraction of sp³-hybridized carbons (Fsp3) is 0.400. The van der Waals surface area contributed by atoms with Crippen LogP contribution in [0.1, 0.15) is 32.3 Å². The summed E-state index contributed by atoms with van der Waals surface area (Å²) < 4.78 is 19.2. The van der Waals surface area contributed by atoms with E-state index in [1.807, 2.05) is 0 Å². The first-order chi connectivity index (χ1) is 14.2. The molecule has 30 heavy (non-hydrogen) atoms. The zero-order valence-electron chi connectivity index (χ0n) is 16.6. The van der Waals surface area contributed by atoms with Gasteiger partial charge in [-0.2, -0.15) is 4.79 Å². The van der Waals surface area contributed by atoms with Gasteiger partial charge in [0.15, 0.2) is 0 Å². The van der Waals surface area contributed by atoms with Crippen molar-refractivity contribution >= 4 is 34.8 Å². The number of aromatic nitrogens is 1. The van der Waals surface area contributed by atoms with Gasteiger partial charge in [0.25, 0.3) is 0 Å². The second-order valence-electron chi connectivity index (χ2n) is 6.99. The zero-order chi connectivity index (χ0) is 22.3. The first kappa shape index (κ1) is 22.9. The van der Waals surface area contributed by atoms with Gasteiger partial charge in [-0.25, -0.2) is 9.18 Å². The molecule has 0 aliphatic heterocycles. The van der Waals surface area contributed by atoms with Crippen LogP contribution in [0.4, 0.5) is 4.39 Å². The van der Waals surface area contributed by atoms with Crippen molar-refractivity contribution in [2.75, 3.05) is 0 Å². The molecule has 0 bridgehead atoms. The van der Waals surface area contributed by atoms with Gasteiger partial charge in [0.1, 0.15) is 18.0 Å². The monoisotopic (exact) mass is 418 g/mol. The number of Topliss-reactive ketones (excluding diaryl/α,β-unsaturated/α-hetero) is 1. The van der Waals surface area contributed by atoms with Gasteiger partial charge < -0.3 is 25.7 Å². The molecule has 2 aromatic rings. The molecule has 0 unspecified atom stereocenters. The van der Waals surface area contributed by atoms with Crippen molar-refractivity contribution in [3.05, 3.63) is 41.3 Å². The van der Waals surface area contributed by atoms with E-state index in [0.717, 1.165) is 0 Å². The SMILES string of the molecule is CC(C)OC(=O)[C@H](CCC(=O)C=[N+]=[N-])NC(=O)[C@@H](O)Cc1c[nH]c2cccc(F)c12. The average molecular weight is 418 g/mol. The minimum absolute atomic E-state index is 0.115. The van der Waals surface area contributed by atoms with E-state index in [4.69, 9.17) is 10.3 Å². The molecule has 10 heteroatoms. The van der Waals surface area contributed by atoms with Gasteiger partial charge in [-0.15, -0.1) is 0 Å². The minimum atomic E-state index is -1.56. The van der Waals surface area contributed by atoms with Crippen molar-refractivity contribution in [1.82, 2.24) is 10.3 Å². The molecule has 9 nitrogen and oxygen atoms in total. The lowest BCUT2D eigenvalue weighted by atomic mass is 10.0. The number of aromatic amines is 1. The highest BCUT2D eigenvalue weighted by molar-refractivity contribution is 6.25. The second-order valence-corrected chi connectivity index (χ2v) is 6.99. The maximum atomic E-state index is 14.1. The van der Waals surface area contributed by atoms with E-state index < -0.39 is 41.7 Å². The number of amides is 1. The maximum Gasteiger partial charge on any atom is 0.328 e. The molecule has 1 amide bonds. The van der Waals surface area contributed by atoms with Crippen LogP contribution in [-0.2, 0) is 25.5 Å². The highest BCUT2D eigenvalue weighted by Crippen LogP contribution is 2.22. The number of carbonyl (C=O) groups is 3. The standard InChI is InChI=1S/C20H23FN4O5/c1-11(2)30-20(29)16(7-6-13(26)10-24-22)25-19(28)17(27)8-12-9-23-15-5-3-4-14(21)18(12)15/h3-5,9-11,16-17,23,27H,6-8H2,1-2H3,(H,25,28)/t16-,17-/m0/s1. The first-order valence-corrected chi connectivity index (χ1v) is 9.36. The Bertz CT molecular complexity index is 981. The number of hydrogen-bond acceptors (Lipinski definition) is 5. The Morgan fingerprint density at radius 1 is 1.37 bits per heavy atom. The van der Waals surface area contributed by atoms with Crippen LogP contribution in [0.5, 0.6) is 0 Å². The Kier molecular flexibility index (Phi) is 7.97. The van der Waals surface area contributed by atoms with Crippen LogP contribution in [0, 0.1) is 5.82 Å². The van der Waals surface area contributed by atoms with E-state index >= 15 is 0 Å². The van der Waals surface area contributed by atoms with Crippen LogP contribution in [0.15, 0.2) is 24.4 Å². The topological polar surface area (TPSA) is 145 Å². The van der Waals surface area contributed by atoms with Crippen molar-refractivity contribution in [1.29, 1.82) is 0 Å². The number of rotatable bonds is 10. The third-order valence-corrected chi connectivity index (χ3v) is 4.29. The van der Waals surface area contributed by atoms with Crippen molar-refractivity contribution < 1.29 is 33.4 Å². The number of halogens is 1. The summed E-state index contributed by atoms with van der Waals surface area (Å²) in [5.41, 5.74) is 9.32. The number of fused-ring (bicyclic) bond motifs is 1. The molecule has 0 saturated heterocycles. The number of H-pyrrole nitrogens is 1. The van der Waals surface area contributed by atoms with Gasteiger partial charge in [0.2, 0.25) is 11.7 Å². The predicted octanol–water partition coefficient (Wildman–Crippen LogP) is 1.30. The maximum absolute atomic E-state index is 14.1. The van der Waals surface area contributed by atoms with E-state index in [-0.39, 0.29) is 24.6 Å². The molecule has 2 atom stereocenters. The lowest BCUT2D eigenvalue weighted by molar-refractivity contribution is -0.152. The molecule has 0 radical (unpaired) electrons. The second kappa shape index (κ2) is 10.4. The van der Waals surface area contributed by atoms with Crippen LogP contribution in [-0.4, -0.2) is 57.0 Å². The van der Waals surface area contributed by atoms with E-state index in [9.17, 15) is 23.9 Å². The van der Waals surface area contributed by atoms with Gasteiger partial charge in [0.05, 0.1) is 6.10 Å². The zero-order valence-corrected chi connectivity index (χ0v) is 16.6. The molecule has 0 spiro atoms. The van der Waals surface area contributed by atoms with Gasteiger partial charge in [-0.3, -0.25) is 9.59 Å². The summed E-state index contributed by atoms with van der Waals surface area (Å²) in [6.07, 6.45) is -0.315. The average Bonchev–Trinajstić information content (AvgIpc) is 3.08. The van der Waals surface area contributed by atoms with E-state index in [1.165, 1.54) is 18.3 Å². The lowest BCUT2D eigenvalue weighted by Crippen LogP contribution is -2.47. The summed E-state index contributed by atoms with van der Waals surface area (Å²) in [5.74, 6) is -2.67. The number of carbonyl (C=O) groups excluding carboxylic acids is 3. The van der Waals surface area contributed by atoms with Gasteiger partial charge in [-0.1, -0.05) is 6.07 Å². The van der Waals surface area contributed by atoms with Crippen molar-refractivity contribution in [2.24, 2.45) is 0 Å². The van der Waals surface area contributed by atoms with Crippen LogP contribution in [0.25, 0.3) is 16.4 Å². The van der Waals surface area contributed by atoms with Crippen LogP contribution in [0.3, 0.4) is 0 Å². The molecule has 2 rings (SSSR count). The van der Waals surface area contributed by atoms with E-state index in [2.05, 4.69) is 15.1 Å². The Hall–Kier alpha value is -3.36. The molecular weight excluding hydrogens is 395 g/mol. The molecule has 1 aromatic carbocycles. The highest BCUT2D eigenvalue weighted by atomic mass is 19.1. The summed E-state index contributed by atoms with van der Waals surface area (Å²) >= 11 is 0. The van der Waals surface area contributed by atoms with E-state index in [0.29, 0.717) is 17.3 Å². The summed E-state index contributed by atoms with van der Waals surface area (Å²) in [7, 11) is 0. The molecule has 0 aliphatic rings. The van der Waals surface area contributed by atoms with Crippen molar-refractivity contribution in [3.63, 3.8) is 0 Å². The molecular formula is C20H23FN4O5. The number of hydrogen-bond donors (Lipinski definition) is 3. The smallest absolute Gasteiger partial charge is 0.328 e. The molecule has 0 fully saturated rings. The number of aliphatic hydroxyl groups is 1. The Morgan fingerprint density at radius 3 is 2.77 bits per heavy atom. The number of aliphatic hydroxyl groups excluding tert-OH is 1. The number of benzene rings is 1. The molecule has 3 N–H and O–H groups in total. The number of esters is 1. The Labute approximate surface area is 171 Å². The number of ether oxygens (including phenoxy) is 1. The molecule has 1 aromatic heterocycles. The predicted molar refractivity (Wildman–Crippen MR) is 105 cm³/mol. The van der Waals surface area contributed by atoms with Gasteiger partial charge in [-0.05, 0) is 38.0 Å². The highest BCUT2D eigenvalue weighted by Gasteiger charge is 2.27. The number of nitrogens with one attached hydrogen (secondary N) is 2. The molecule has 1 heterocycles. The number of ketones is 1. The summed E-state index contributed by atoms with van der Waals surface area (Å²) in [6, 6.07) is 3.29. The van der Waals surface area contributed by atoms with Crippen LogP contribution in [0.2, 0.25) is 0 Å². The molecule has 0 aliphatic carbocycles. The third kappa shape index (κ3) is 6.07. The van der Waals surface area contributed by atoms with Gasteiger partial charge in [0, 0.05) is 29.9 Å². The fourth-order valence-electron chi connectivity index (χ4n) is 2.92. The van der Waals surface area contributed by atoms with Crippen molar-refractivity contribution in [2.45, 2.75) is 51.4 Å². The lowest BCUT2D eigenvalue weighted by Gasteiger charge is -2.20. The third-order valence-electron chi connectivity index (χ3n) is 4.29. The molecule has 0 saturated carbocycles.